The van der Waals surface area contributed by atoms with Crippen molar-refractivity contribution >= 4 is 17.8 Å². The van der Waals surface area contributed by atoms with E-state index in [0.717, 1.165) is 32.1 Å². The molecule has 4 aliphatic rings. The Bertz CT molecular complexity index is 780. The van der Waals surface area contributed by atoms with Gasteiger partial charge in [0, 0.05) is 19.6 Å². The summed E-state index contributed by atoms with van der Waals surface area (Å²) < 4.78 is 12.0. The minimum Gasteiger partial charge on any atom is -0.465 e. The van der Waals surface area contributed by atoms with E-state index < -0.39 is 35.6 Å². The van der Waals surface area contributed by atoms with Crippen LogP contribution in [0.25, 0.3) is 0 Å². The number of aliphatic hydroxyl groups excluding tert-OH is 1. The van der Waals surface area contributed by atoms with Gasteiger partial charge in [-0.25, -0.2) is 0 Å². The first-order valence-electron chi connectivity index (χ1n) is 11.4. The van der Waals surface area contributed by atoms with Gasteiger partial charge in [-0.15, -0.1) is 0 Å². The second-order valence-corrected chi connectivity index (χ2v) is 8.73. The molecule has 0 aliphatic carbocycles. The molecule has 4 aliphatic heterocycles. The molecule has 0 radical (unpaired) electrons. The van der Waals surface area contributed by atoms with Crippen LogP contribution in [0.4, 0.5) is 0 Å². The van der Waals surface area contributed by atoms with E-state index in [1.807, 2.05) is 24.3 Å². The van der Waals surface area contributed by atoms with Gasteiger partial charge < -0.3 is 24.4 Å². The molecule has 1 N–H and O–H groups in total. The maximum absolute atomic E-state index is 13.6. The number of allylic oxidation sites excluding steroid dienone is 1. The van der Waals surface area contributed by atoms with Crippen molar-refractivity contribution in [3.05, 3.63) is 24.3 Å². The molecule has 0 aromatic heterocycles. The highest BCUT2D eigenvalue weighted by atomic mass is 16.6. The summed E-state index contributed by atoms with van der Waals surface area (Å²) in [6, 6.07) is -0.897. The van der Waals surface area contributed by atoms with Gasteiger partial charge >= 0.3 is 5.97 Å². The first-order valence-corrected chi connectivity index (χ1v) is 11.4. The second kappa shape index (κ2) is 9.12. The molecule has 0 bridgehead atoms. The normalized spacial score (nSPS) is 36.5. The molecule has 1 spiro atoms. The minimum atomic E-state index is -1.24. The van der Waals surface area contributed by atoms with Crippen molar-refractivity contribution in [3.63, 3.8) is 0 Å². The Morgan fingerprint density at radius 3 is 2.77 bits per heavy atom. The van der Waals surface area contributed by atoms with Crippen molar-refractivity contribution in [2.45, 2.75) is 56.8 Å². The van der Waals surface area contributed by atoms with Gasteiger partial charge in [-0.3, -0.25) is 14.4 Å². The zero-order chi connectivity index (χ0) is 22.0. The van der Waals surface area contributed by atoms with Crippen LogP contribution in [0.15, 0.2) is 24.3 Å². The highest BCUT2D eigenvalue weighted by molar-refractivity contribution is 5.99. The van der Waals surface area contributed by atoms with Crippen molar-refractivity contribution in [1.29, 1.82) is 0 Å². The molecule has 8 nitrogen and oxygen atoms in total. The molecule has 0 saturated carbocycles. The number of ether oxygens (including phenoxy) is 2. The number of nitrogens with zero attached hydrogens (tertiary/aromatic N) is 2. The zero-order valence-corrected chi connectivity index (χ0v) is 18.1. The van der Waals surface area contributed by atoms with Crippen molar-refractivity contribution in [2.24, 2.45) is 11.8 Å². The van der Waals surface area contributed by atoms with Crippen LogP contribution in [-0.4, -0.2) is 83.3 Å². The number of carbonyl (C=O) groups is 3. The lowest BCUT2D eigenvalue weighted by Gasteiger charge is -2.35. The van der Waals surface area contributed by atoms with Gasteiger partial charge in [0.2, 0.25) is 11.8 Å². The monoisotopic (exact) mass is 432 g/mol. The molecule has 2 saturated heterocycles. The average molecular weight is 433 g/mol. The fraction of sp³-hybridized carbons (Fsp3) is 0.696. The summed E-state index contributed by atoms with van der Waals surface area (Å²) in [6.45, 7) is 3.15. The third kappa shape index (κ3) is 3.69. The molecule has 170 valence electrons. The maximum atomic E-state index is 13.6. The molecule has 0 aromatic rings. The van der Waals surface area contributed by atoms with Gasteiger partial charge in [-0.05, 0) is 25.7 Å². The summed E-state index contributed by atoms with van der Waals surface area (Å²) in [5, 5.41) is 9.61. The number of amides is 2. The first-order chi connectivity index (χ1) is 15.0. The second-order valence-electron chi connectivity index (χ2n) is 8.73. The van der Waals surface area contributed by atoms with E-state index in [2.05, 4.69) is 6.92 Å². The summed E-state index contributed by atoms with van der Waals surface area (Å²) in [7, 11) is 0. The van der Waals surface area contributed by atoms with Crippen LogP contribution in [0.5, 0.6) is 0 Å². The van der Waals surface area contributed by atoms with Crippen LogP contribution in [0.1, 0.15) is 39.0 Å². The number of β-amino-alcohol motifs (C(OH)–C–C–N with tert-alkyl or cyclic N) is 1. The van der Waals surface area contributed by atoms with Crippen LogP contribution < -0.4 is 0 Å². The smallest absolute Gasteiger partial charge is 0.312 e. The van der Waals surface area contributed by atoms with E-state index in [1.54, 1.807) is 4.90 Å². The van der Waals surface area contributed by atoms with Crippen molar-refractivity contribution in [1.82, 2.24) is 9.80 Å². The Morgan fingerprint density at radius 1 is 1.16 bits per heavy atom. The predicted molar refractivity (Wildman–Crippen MR) is 112 cm³/mol. The Labute approximate surface area is 182 Å². The molecule has 2 amide bonds. The number of hydrogen-bond acceptors (Lipinski definition) is 6. The third-order valence-electron chi connectivity index (χ3n) is 6.81. The van der Waals surface area contributed by atoms with Gasteiger partial charge in [-0.1, -0.05) is 37.6 Å². The molecule has 1 unspecified atom stereocenters. The topological polar surface area (TPSA) is 96.4 Å². The Morgan fingerprint density at radius 2 is 2.00 bits per heavy atom. The standard InChI is InChI=1S/C23H32N2O6/c1-2-3-11-24-12-8-10-23-18(20(27)25(13-14-26)19(23)21(24)28)17-16(31-23)9-6-4-5-7-15-30-22(17)29/h6,8-10,16-19,26H,2-5,7,11-15H2,1H3/b9-6-/t16-,17+,18+,19?,23+/m1/s1. The third-order valence-corrected chi connectivity index (χ3v) is 6.81. The highest BCUT2D eigenvalue weighted by Gasteiger charge is 2.71. The van der Waals surface area contributed by atoms with E-state index in [1.165, 1.54) is 4.90 Å². The van der Waals surface area contributed by atoms with Crippen molar-refractivity contribution in [3.8, 4) is 0 Å². The quantitative estimate of drug-likeness (QED) is 0.515. The van der Waals surface area contributed by atoms with E-state index in [4.69, 9.17) is 9.47 Å². The van der Waals surface area contributed by atoms with E-state index in [9.17, 15) is 19.5 Å². The van der Waals surface area contributed by atoms with E-state index in [-0.39, 0.29) is 25.0 Å². The highest BCUT2D eigenvalue weighted by Crippen LogP contribution is 2.52. The number of cyclic esters (lactones) is 1. The maximum Gasteiger partial charge on any atom is 0.312 e. The van der Waals surface area contributed by atoms with E-state index in [0.29, 0.717) is 19.7 Å². The number of esters is 1. The molecular weight excluding hydrogens is 400 g/mol. The number of hydrogen-bond donors (Lipinski definition) is 1. The Hall–Kier alpha value is -2.19. The fourth-order valence-electron chi connectivity index (χ4n) is 5.36. The number of fused-ring (bicyclic) bond motifs is 2. The number of rotatable bonds is 5. The molecule has 4 heterocycles. The Kier molecular flexibility index (Phi) is 6.48. The minimum absolute atomic E-state index is 0.0224. The number of carbonyl (C=O) groups excluding carboxylic acids is 3. The van der Waals surface area contributed by atoms with Gasteiger partial charge in [0.1, 0.15) is 17.6 Å². The largest absolute Gasteiger partial charge is 0.465 e. The molecule has 4 rings (SSSR count). The molecule has 5 atom stereocenters. The van der Waals surface area contributed by atoms with Gasteiger partial charge in [0.15, 0.2) is 0 Å². The lowest BCUT2D eigenvalue weighted by atomic mass is 9.78. The van der Waals surface area contributed by atoms with Crippen LogP contribution in [0.3, 0.4) is 0 Å². The average Bonchev–Trinajstić information content (AvgIpc) is 3.13. The summed E-state index contributed by atoms with van der Waals surface area (Å²) in [5.74, 6) is -2.64. The van der Waals surface area contributed by atoms with Crippen molar-refractivity contribution < 1.29 is 29.0 Å². The SMILES string of the molecule is CCCCN1CC=C[C@]23O[C@@H]4/C=C\CCCCOC(=O)[C@@H]4[C@H]2C(=O)N(CCO)C3C1=O. The van der Waals surface area contributed by atoms with Crippen LogP contribution in [0.2, 0.25) is 0 Å². The zero-order valence-electron chi connectivity index (χ0n) is 18.1. The molecule has 31 heavy (non-hydrogen) atoms. The van der Waals surface area contributed by atoms with E-state index >= 15 is 0 Å². The molecule has 8 heteroatoms. The van der Waals surface area contributed by atoms with Crippen molar-refractivity contribution in [2.75, 3.05) is 32.8 Å². The summed E-state index contributed by atoms with van der Waals surface area (Å²) in [6.07, 6.45) is 11.2. The predicted octanol–water partition coefficient (Wildman–Crippen LogP) is 1.04. The van der Waals surface area contributed by atoms with Gasteiger partial charge in [0.05, 0.1) is 25.2 Å². The summed E-state index contributed by atoms with van der Waals surface area (Å²) in [4.78, 5) is 43.4. The number of aliphatic hydroxyl groups is 1. The number of likely N-dealkylation sites (tertiary alicyclic amines) is 1. The lowest BCUT2D eigenvalue weighted by molar-refractivity contribution is -0.155. The molecule has 2 fully saturated rings. The van der Waals surface area contributed by atoms with Crippen LogP contribution >= 0.6 is 0 Å². The fourth-order valence-corrected chi connectivity index (χ4v) is 5.36. The summed E-state index contributed by atoms with van der Waals surface area (Å²) in [5.41, 5.74) is -1.24. The molecule has 0 aromatic carbocycles. The molecular formula is C23H32N2O6. The van der Waals surface area contributed by atoms with Crippen LogP contribution in [0, 0.1) is 11.8 Å². The first kappa shape index (κ1) is 22.0. The van der Waals surface area contributed by atoms with Gasteiger partial charge in [-0.2, -0.15) is 0 Å². The number of unbranched alkanes of at least 4 members (excludes halogenated alkanes) is 1. The Balaban J connectivity index is 1.77. The van der Waals surface area contributed by atoms with Gasteiger partial charge in [0.25, 0.3) is 0 Å². The lowest BCUT2D eigenvalue weighted by Crippen LogP contribution is -2.55. The summed E-state index contributed by atoms with van der Waals surface area (Å²) >= 11 is 0. The van der Waals surface area contributed by atoms with Crippen LogP contribution in [-0.2, 0) is 23.9 Å².